The van der Waals surface area contributed by atoms with Crippen LogP contribution in [-0.4, -0.2) is 20.6 Å². The number of carbonyl (C=O) groups is 1. The summed E-state index contributed by atoms with van der Waals surface area (Å²) in [5.74, 6) is -0.0925. The second-order valence-electron chi connectivity index (χ2n) is 5.60. The summed E-state index contributed by atoms with van der Waals surface area (Å²) in [6.07, 6.45) is 1.72. The van der Waals surface area contributed by atoms with E-state index < -0.39 is 5.82 Å². The quantitative estimate of drug-likeness (QED) is 0.669. The molecule has 0 atom stereocenters. The highest BCUT2D eigenvalue weighted by atomic mass is 35.5. The maximum atomic E-state index is 13.2. The number of nitrogens with zero attached hydrogens (tertiary/aromatic N) is 3. The summed E-state index contributed by atoms with van der Waals surface area (Å²) in [6.45, 7) is 0. The Morgan fingerprint density at radius 2 is 2.12 bits per heavy atom. The van der Waals surface area contributed by atoms with Crippen LogP contribution in [0.15, 0.2) is 52.4 Å². The highest BCUT2D eigenvalue weighted by molar-refractivity contribution is 8.18. The van der Waals surface area contributed by atoms with E-state index in [-0.39, 0.29) is 10.9 Å². The molecular weight excluding hydrogens is 375 g/mol. The minimum Gasteiger partial charge on any atom is -0.328 e. The van der Waals surface area contributed by atoms with Gasteiger partial charge in [-0.05, 0) is 42.1 Å². The Kier molecular flexibility index (Phi) is 4.26. The summed E-state index contributed by atoms with van der Waals surface area (Å²) >= 11 is 6.96. The topological polar surface area (TPSA) is 59.3 Å². The number of para-hydroxylation sites is 2. The van der Waals surface area contributed by atoms with Crippen molar-refractivity contribution in [2.24, 2.45) is 12.0 Å². The smallest absolute Gasteiger partial charge is 0.264 e. The number of hydrogen-bond donors (Lipinski definition) is 1. The van der Waals surface area contributed by atoms with Crippen molar-refractivity contribution in [3.8, 4) is 0 Å². The molecule has 26 heavy (non-hydrogen) atoms. The molecule has 0 spiro atoms. The molecule has 5 nitrogen and oxygen atoms in total. The number of thioether (sulfide) groups is 1. The molecule has 3 aromatic rings. The Morgan fingerprint density at radius 3 is 2.88 bits per heavy atom. The molecule has 8 heteroatoms. The first-order chi connectivity index (χ1) is 12.5. The molecule has 0 unspecified atom stereocenters. The van der Waals surface area contributed by atoms with Crippen molar-refractivity contribution in [1.29, 1.82) is 0 Å². The largest absolute Gasteiger partial charge is 0.328 e. The predicted octanol–water partition coefficient (Wildman–Crippen LogP) is 4.26. The van der Waals surface area contributed by atoms with Crippen LogP contribution in [0.1, 0.15) is 5.82 Å². The fraction of sp³-hybridized carbons (Fsp3) is 0.0556. The summed E-state index contributed by atoms with van der Waals surface area (Å²) in [7, 11) is 1.90. The number of amides is 1. The maximum absolute atomic E-state index is 13.2. The van der Waals surface area contributed by atoms with Gasteiger partial charge in [0.25, 0.3) is 5.91 Å². The van der Waals surface area contributed by atoms with E-state index in [0.717, 1.165) is 11.0 Å². The Morgan fingerprint density at radius 1 is 1.31 bits per heavy atom. The lowest BCUT2D eigenvalue weighted by atomic mass is 10.3. The zero-order chi connectivity index (χ0) is 18.3. The molecular formula is C18H12ClFN4OS. The van der Waals surface area contributed by atoms with Crippen molar-refractivity contribution in [3.63, 3.8) is 0 Å². The zero-order valence-electron chi connectivity index (χ0n) is 13.5. The fourth-order valence-corrected chi connectivity index (χ4v) is 3.55. The van der Waals surface area contributed by atoms with E-state index >= 15 is 0 Å². The molecule has 1 aliphatic rings. The number of aromatic nitrogens is 2. The third-order valence-electron chi connectivity index (χ3n) is 3.87. The first kappa shape index (κ1) is 16.8. The molecule has 2 aromatic carbocycles. The van der Waals surface area contributed by atoms with Gasteiger partial charge in [0.1, 0.15) is 11.6 Å². The molecule has 1 N–H and O–H groups in total. The van der Waals surface area contributed by atoms with Gasteiger partial charge in [-0.15, -0.1) is 0 Å². The van der Waals surface area contributed by atoms with Gasteiger partial charge >= 0.3 is 0 Å². The molecule has 1 saturated heterocycles. The van der Waals surface area contributed by atoms with E-state index in [9.17, 15) is 9.18 Å². The predicted molar refractivity (Wildman–Crippen MR) is 103 cm³/mol. The first-order valence-corrected chi connectivity index (χ1v) is 8.87. The summed E-state index contributed by atoms with van der Waals surface area (Å²) in [4.78, 5) is 21.5. The highest BCUT2D eigenvalue weighted by Crippen LogP contribution is 2.29. The summed E-state index contributed by atoms with van der Waals surface area (Å²) < 4.78 is 15.2. The first-order valence-electron chi connectivity index (χ1n) is 7.67. The molecule has 1 aliphatic heterocycles. The average molecular weight is 387 g/mol. The Labute approximate surface area is 157 Å². The van der Waals surface area contributed by atoms with Crippen molar-refractivity contribution in [2.75, 3.05) is 0 Å². The number of rotatable bonds is 2. The zero-order valence-corrected chi connectivity index (χ0v) is 15.1. The monoisotopic (exact) mass is 386 g/mol. The van der Waals surface area contributed by atoms with Gasteiger partial charge in [-0.25, -0.2) is 14.4 Å². The number of fused-ring (bicyclic) bond motifs is 1. The molecule has 0 radical (unpaired) electrons. The third-order valence-corrected chi connectivity index (χ3v) is 5.07. The SMILES string of the molecule is Cn1c(/C=C2/SC(=Nc3ccc(F)c(Cl)c3)NC2=O)nc2ccccc21. The van der Waals surface area contributed by atoms with Crippen molar-refractivity contribution >= 4 is 57.2 Å². The molecule has 1 amide bonds. The van der Waals surface area contributed by atoms with Gasteiger partial charge in [0.05, 0.1) is 26.6 Å². The number of amidine groups is 1. The number of imidazole rings is 1. The van der Waals surface area contributed by atoms with Gasteiger partial charge in [-0.1, -0.05) is 23.7 Å². The molecule has 0 bridgehead atoms. The lowest BCUT2D eigenvalue weighted by Gasteiger charge is -1.98. The van der Waals surface area contributed by atoms with Crippen molar-refractivity contribution < 1.29 is 9.18 Å². The number of hydrogen-bond acceptors (Lipinski definition) is 4. The second kappa shape index (κ2) is 6.59. The van der Waals surface area contributed by atoms with Crippen LogP contribution in [0.4, 0.5) is 10.1 Å². The lowest BCUT2D eigenvalue weighted by Crippen LogP contribution is -2.19. The number of halogens is 2. The van der Waals surface area contributed by atoms with Crippen molar-refractivity contribution in [1.82, 2.24) is 14.9 Å². The molecule has 0 aliphatic carbocycles. The van der Waals surface area contributed by atoms with Gasteiger partial charge in [0, 0.05) is 13.1 Å². The average Bonchev–Trinajstić information content (AvgIpc) is 3.12. The second-order valence-corrected chi connectivity index (χ2v) is 7.04. The van der Waals surface area contributed by atoms with Gasteiger partial charge in [0.2, 0.25) is 0 Å². The van der Waals surface area contributed by atoms with E-state index in [1.807, 2.05) is 35.9 Å². The van der Waals surface area contributed by atoms with Crippen molar-refractivity contribution in [3.05, 3.63) is 64.0 Å². The molecule has 1 fully saturated rings. The maximum Gasteiger partial charge on any atom is 0.264 e. The van der Waals surface area contributed by atoms with Crippen LogP contribution in [-0.2, 0) is 11.8 Å². The van der Waals surface area contributed by atoms with E-state index in [1.54, 1.807) is 6.08 Å². The summed E-state index contributed by atoms with van der Waals surface area (Å²) in [5.41, 5.74) is 2.31. The standard InChI is InChI=1S/C18H12ClFN4OS/c1-24-14-5-3-2-4-13(14)22-16(24)9-15-17(25)23-18(26-15)21-10-6-7-12(20)11(19)8-10/h2-9H,1H3,(H,21,23,25)/b15-9+. The van der Waals surface area contributed by atoms with E-state index in [0.29, 0.717) is 21.6 Å². The highest BCUT2D eigenvalue weighted by Gasteiger charge is 2.24. The summed E-state index contributed by atoms with van der Waals surface area (Å²) in [6, 6.07) is 11.9. The fourth-order valence-electron chi connectivity index (χ4n) is 2.56. The minimum absolute atomic E-state index is 0.0170. The molecule has 4 rings (SSSR count). The number of benzene rings is 2. The van der Waals surface area contributed by atoms with Crippen LogP contribution < -0.4 is 5.32 Å². The van der Waals surface area contributed by atoms with Crippen LogP contribution in [0, 0.1) is 5.82 Å². The number of carbonyl (C=O) groups excluding carboxylic acids is 1. The van der Waals surface area contributed by atoms with E-state index in [2.05, 4.69) is 15.3 Å². The van der Waals surface area contributed by atoms with Crippen LogP contribution in [0.5, 0.6) is 0 Å². The molecule has 130 valence electrons. The van der Waals surface area contributed by atoms with Crippen LogP contribution >= 0.6 is 23.4 Å². The van der Waals surface area contributed by atoms with Gasteiger partial charge in [-0.2, -0.15) is 0 Å². The number of nitrogens with one attached hydrogen (secondary N) is 1. The van der Waals surface area contributed by atoms with Gasteiger partial charge in [-0.3, -0.25) is 4.79 Å². The van der Waals surface area contributed by atoms with E-state index in [1.165, 1.54) is 30.0 Å². The summed E-state index contributed by atoms with van der Waals surface area (Å²) in [5, 5.41) is 3.08. The van der Waals surface area contributed by atoms with Crippen LogP contribution in [0.2, 0.25) is 5.02 Å². The Hall–Kier alpha value is -2.64. The molecule has 0 saturated carbocycles. The van der Waals surface area contributed by atoms with Gasteiger partial charge in [0.15, 0.2) is 5.17 Å². The molecule has 1 aromatic heterocycles. The number of aryl methyl sites for hydroxylation is 1. The molecule has 2 heterocycles. The van der Waals surface area contributed by atoms with E-state index in [4.69, 9.17) is 11.6 Å². The Balaban J connectivity index is 1.64. The Bertz CT molecular complexity index is 1110. The lowest BCUT2D eigenvalue weighted by molar-refractivity contribution is -0.115. The van der Waals surface area contributed by atoms with Crippen molar-refractivity contribution in [2.45, 2.75) is 0 Å². The van der Waals surface area contributed by atoms with Crippen LogP contribution in [0.25, 0.3) is 17.1 Å². The van der Waals surface area contributed by atoms with Crippen LogP contribution in [0.3, 0.4) is 0 Å². The number of aliphatic imine (C=N–C) groups is 1. The third kappa shape index (κ3) is 3.11. The minimum atomic E-state index is -0.513. The van der Waals surface area contributed by atoms with Gasteiger partial charge < -0.3 is 9.88 Å². The normalized spacial score (nSPS) is 17.4.